The average molecular weight is 575 g/mol. The molecule has 41 heavy (non-hydrogen) atoms. The zero-order chi connectivity index (χ0) is 30.0. The first-order valence-electron chi connectivity index (χ1n) is 12.9. The van der Waals surface area contributed by atoms with Gasteiger partial charge in [0.1, 0.15) is 12.2 Å². The largest absolute Gasteiger partial charge is 0.458 e. The van der Waals surface area contributed by atoms with E-state index in [-0.39, 0.29) is 18.6 Å². The van der Waals surface area contributed by atoms with Crippen molar-refractivity contribution < 1.29 is 57.8 Å². The molecule has 1 aliphatic rings. The number of rotatable bonds is 12. The van der Waals surface area contributed by atoms with Crippen LogP contribution in [0.5, 0.6) is 0 Å². The second kappa shape index (κ2) is 14.7. The normalized spacial score (nSPS) is 23.5. The fraction of sp³-hybridized carbons (Fsp3) is 0.448. The van der Waals surface area contributed by atoms with Crippen LogP contribution in [0.15, 0.2) is 60.7 Å². The molecule has 0 spiro atoms. The number of benzene rings is 2. The van der Waals surface area contributed by atoms with Gasteiger partial charge in [-0.25, -0.2) is 4.79 Å². The summed E-state index contributed by atoms with van der Waals surface area (Å²) in [7, 11) is 0. The van der Waals surface area contributed by atoms with E-state index in [0.717, 1.165) is 26.3 Å². The fourth-order valence-electron chi connectivity index (χ4n) is 4.47. The number of hydrogen-bond acceptors (Lipinski definition) is 12. The lowest BCUT2D eigenvalue weighted by Crippen LogP contribution is -2.65. The van der Waals surface area contributed by atoms with Crippen molar-refractivity contribution in [1.82, 2.24) is 0 Å². The molecule has 6 atom stereocenters. The molecule has 1 saturated heterocycles. The minimum atomic E-state index is -1.85. The highest BCUT2D eigenvalue weighted by atomic mass is 16.7. The topological polar surface area (TPSA) is 164 Å². The number of esters is 4. The highest BCUT2D eigenvalue weighted by Crippen LogP contribution is 2.37. The highest BCUT2D eigenvalue weighted by Gasteiger charge is 2.56. The van der Waals surface area contributed by atoms with Crippen LogP contribution >= 0.6 is 0 Å². The second-order valence-electron chi connectivity index (χ2n) is 9.42. The third-order valence-corrected chi connectivity index (χ3v) is 6.20. The molecule has 222 valence electrons. The Kier molecular flexibility index (Phi) is 11.4. The minimum Gasteiger partial charge on any atom is -0.458 e. The predicted molar refractivity (Wildman–Crippen MR) is 140 cm³/mol. The molecule has 12 nitrogen and oxygen atoms in total. The van der Waals surface area contributed by atoms with E-state index < -0.39 is 73.4 Å². The van der Waals surface area contributed by atoms with Gasteiger partial charge in [0.2, 0.25) is 0 Å². The van der Waals surface area contributed by atoms with Gasteiger partial charge >= 0.3 is 23.9 Å². The summed E-state index contributed by atoms with van der Waals surface area (Å²) in [6.07, 6.45) is -7.60. The van der Waals surface area contributed by atoms with E-state index in [1.165, 1.54) is 12.1 Å². The predicted octanol–water partition coefficient (Wildman–Crippen LogP) is 1.69. The van der Waals surface area contributed by atoms with Crippen molar-refractivity contribution in [2.24, 2.45) is 0 Å². The number of aliphatic hydroxyl groups is 2. The molecule has 1 fully saturated rings. The van der Waals surface area contributed by atoms with Crippen molar-refractivity contribution in [1.29, 1.82) is 0 Å². The number of ether oxygens (including phenoxy) is 6. The lowest BCUT2D eigenvalue weighted by Gasteiger charge is -2.48. The maximum atomic E-state index is 12.9. The van der Waals surface area contributed by atoms with Crippen molar-refractivity contribution in [2.75, 3.05) is 13.2 Å². The summed E-state index contributed by atoms with van der Waals surface area (Å²) >= 11 is 0. The SMILES string of the molecule is CC(=O)O[C@H]1[C@H]([C@H](OC(C)=O)[C@@H](CO)OC(=O)c2ccccc2)O[C@](CO)(OCc2ccccc2)C[C@@H]1OC(C)=O. The first-order chi connectivity index (χ1) is 19.6. The zero-order valence-corrected chi connectivity index (χ0v) is 23.0. The van der Waals surface area contributed by atoms with Crippen LogP contribution < -0.4 is 0 Å². The van der Waals surface area contributed by atoms with Gasteiger partial charge in [-0.3, -0.25) is 14.4 Å². The molecule has 0 aromatic heterocycles. The summed E-state index contributed by atoms with van der Waals surface area (Å²) in [5, 5.41) is 20.7. The van der Waals surface area contributed by atoms with E-state index >= 15 is 0 Å². The van der Waals surface area contributed by atoms with Crippen LogP contribution in [-0.2, 0) is 49.4 Å². The van der Waals surface area contributed by atoms with Gasteiger partial charge in [0, 0.05) is 27.2 Å². The van der Waals surface area contributed by atoms with Crippen LogP contribution in [0.25, 0.3) is 0 Å². The van der Waals surface area contributed by atoms with Crippen LogP contribution in [-0.4, -0.2) is 83.6 Å². The Labute approximate surface area is 237 Å². The summed E-state index contributed by atoms with van der Waals surface area (Å²) in [6, 6.07) is 16.8. The van der Waals surface area contributed by atoms with Crippen molar-refractivity contribution in [3.8, 4) is 0 Å². The molecule has 0 aliphatic carbocycles. The molecule has 0 bridgehead atoms. The van der Waals surface area contributed by atoms with Crippen LogP contribution in [0, 0.1) is 0 Å². The summed E-state index contributed by atoms with van der Waals surface area (Å²) < 4.78 is 34.1. The number of hydrogen-bond donors (Lipinski definition) is 2. The van der Waals surface area contributed by atoms with Crippen LogP contribution in [0.4, 0.5) is 0 Å². The van der Waals surface area contributed by atoms with E-state index in [0.29, 0.717) is 0 Å². The Bertz CT molecular complexity index is 1170. The van der Waals surface area contributed by atoms with Gasteiger partial charge in [0.15, 0.2) is 24.1 Å². The van der Waals surface area contributed by atoms with Crippen molar-refractivity contribution in [3.05, 3.63) is 71.8 Å². The zero-order valence-electron chi connectivity index (χ0n) is 23.0. The van der Waals surface area contributed by atoms with Gasteiger partial charge in [0.05, 0.1) is 25.4 Å². The number of carbonyl (C=O) groups is 4. The quantitative estimate of drug-likeness (QED) is 0.279. The standard InChI is InChI=1S/C29H34O12/c1-18(32)37-23-14-29(17-31,36-16-21-10-6-4-7-11-21)41-27(25(23)38-19(2)33)26(39-20(3)34)24(15-30)40-28(35)22-12-8-5-9-13-22/h4-13,23-27,30-31H,14-17H2,1-3H3/t23-,24+,25+,26+,27+,29+/m0/s1. The van der Waals surface area contributed by atoms with Gasteiger partial charge in [-0.1, -0.05) is 48.5 Å². The lowest BCUT2D eigenvalue weighted by atomic mass is 9.90. The maximum absolute atomic E-state index is 12.9. The molecule has 2 aromatic rings. The third kappa shape index (κ3) is 8.82. The molecule has 1 heterocycles. The van der Waals surface area contributed by atoms with Crippen LogP contribution in [0.1, 0.15) is 43.1 Å². The van der Waals surface area contributed by atoms with Gasteiger partial charge in [-0.05, 0) is 17.7 Å². The van der Waals surface area contributed by atoms with E-state index in [9.17, 15) is 29.4 Å². The molecular weight excluding hydrogens is 540 g/mol. The van der Waals surface area contributed by atoms with Gasteiger partial charge < -0.3 is 38.6 Å². The molecule has 2 N–H and O–H groups in total. The molecular formula is C29H34O12. The molecule has 1 aliphatic heterocycles. The van der Waals surface area contributed by atoms with Crippen molar-refractivity contribution in [3.63, 3.8) is 0 Å². The van der Waals surface area contributed by atoms with Gasteiger partial charge in [0.25, 0.3) is 0 Å². The van der Waals surface area contributed by atoms with E-state index in [4.69, 9.17) is 28.4 Å². The second-order valence-corrected chi connectivity index (χ2v) is 9.42. The van der Waals surface area contributed by atoms with Crippen LogP contribution in [0.3, 0.4) is 0 Å². The Morgan fingerprint density at radius 2 is 1.49 bits per heavy atom. The van der Waals surface area contributed by atoms with Gasteiger partial charge in [-0.2, -0.15) is 0 Å². The molecule has 0 unspecified atom stereocenters. The van der Waals surface area contributed by atoms with E-state index in [1.54, 1.807) is 42.5 Å². The Morgan fingerprint density at radius 3 is 2.02 bits per heavy atom. The van der Waals surface area contributed by atoms with Crippen molar-refractivity contribution >= 4 is 23.9 Å². The molecule has 0 saturated carbocycles. The number of aliphatic hydroxyl groups excluding tert-OH is 2. The first-order valence-corrected chi connectivity index (χ1v) is 12.9. The highest BCUT2D eigenvalue weighted by molar-refractivity contribution is 5.89. The van der Waals surface area contributed by atoms with E-state index in [1.807, 2.05) is 6.07 Å². The first kappa shape index (κ1) is 31.7. The van der Waals surface area contributed by atoms with Crippen LogP contribution in [0.2, 0.25) is 0 Å². The summed E-state index contributed by atoms with van der Waals surface area (Å²) in [4.78, 5) is 49.3. The summed E-state index contributed by atoms with van der Waals surface area (Å²) in [5.41, 5.74) is 0.885. The van der Waals surface area contributed by atoms with E-state index in [2.05, 4.69) is 0 Å². The lowest BCUT2D eigenvalue weighted by molar-refractivity contribution is -0.350. The molecule has 2 aromatic carbocycles. The summed E-state index contributed by atoms with van der Waals surface area (Å²) in [5.74, 6) is -5.05. The van der Waals surface area contributed by atoms with Crippen molar-refractivity contribution in [2.45, 2.75) is 70.1 Å². The molecule has 12 heteroatoms. The van der Waals surface area contributed by atoms with Gasteiger partial charge in [-0.15, -0.1) is 0 Å². The Balaban J connectivity index is 2.04. The summed E-state index contributed by atoms with van der Waals surface area (Å²) in [6.45, 7) is 1.71. The number of carbonyl (C=O) groups excluding carboxylic acids is 4. The monoisotopic (exact) mass is 574 g/mol. The molecule has 3 rings (SSSR count). The fourth-order valence-corrected chi connectivity index (χ4v) is 4.47. The molecule has 0 radical (unpaired) electrons. The maximum Gasteiger partial charge on any atom is 0.338 e. The Morgan fingerprint density at radius 1 is 0.878 bits per heavy atom. The Hall–Kier alpha value is -3.84. The molecule has 0 amide bonds. The average Bonchev–Trinajstić information content (AvgIpc) is 2.95. The minimum absolute atomic E-state index is 0.0379. The third-order valence-electron chi connectivity index (χ3n) is 6.20. The smallest absolute Gasteiger partial charge is 0.338 e.